The number of carbonyl (C=O) groups excluding carboxylic acids is 1. The van der Waals surface area contributed by atoms with Gasteiger partial charge in [0.1, 0.15) is 0 Å². The maximum atomic E-state index is 12.9. The molecule has 4 nitrogen and oxygen atoms in total. The molecule has 3 rings (SSSR count). The summed E-state index contributed by atoms with van der Waals surface area (Å²) >= 11 is 0. The first-order valence-corrected chi connectivity index (χ1v) is 8.16. The molecule has 2 N–H and O–H groups in total. The number of rotatable bonds is 2. The smallest absolute Gasteiger partial charge is 0.254 e. The van der Waals surface area contributed by atoms with E-state index in [-0.39, 0.29) is 5.91 Å². The maximum absolute atomic E-state index is 12.9. The lowest BCUT2D eigenvalue weighted by molar-refractivity contribution is 0.0217. The number of nitrogens with two attached hydrogens (primary N) is 1. The van der Waals surface area contributed by atoms with Crippen LogP contribution in [0.4, 0.5) is 0 Å². The highest BCUT2D eigenvalue weighted by molar-refractivity contribution is 5.94. The summed E-state index contributed by atoms with van der Waals surface area (Å²) in [5, 5.41) is 0. The van der Waals surface area contributed by atoms with Gasteiger partial charge in [0.25, 0.3) is 5.91 Å². The quantitative estimate of drug-likeness (QED) is 0.909. The van der Waals surface area contributed by atoms with Gasteiger partial charge in [0.05, 0.1) is 5.69 Å². The van der Waals surface area contributed by atoms with Crippen LogP contribution in [0.2, 0.25) is 0 Å². The zero-order chi connectivity index (χ0) is 14.8. The number of nitrogens with zero attached hydrogens (tertiary/aromatic N) is 2. The Bertz CT molecular complexity index is 517. The molecule has 2 heterocycles. The Labute approximate surface area is 126 Å². The first kappa shape index (κ1) is 14.5. The van der Waals surface area contributed by atoms with Crippen LogP contribution in [0.1, 0.15) is 55.1 Å². The molecule has 0 bridgehead atoms. The minimum atomic E-state index is 0.163. The number of fused-ring (bicyclic) bond motifs is 1. The fourth-order valence-corrected chi connectivity index (χ4v) is 4.05. The molecule has 21 heavy (non-hydrogen) atoms. The van der Waals surface area contributed by atoms with Crippen molar-refractivity contribution in [1.82, 2.24) is 9.88 Å². The summed E-state index contributed by atoms with van der Waals surface area (Å²) in [5.74, 6) is 1.60. The molecule has 0 aromatic carbocycles. The molecule has 0 spiro atoms. The summed E-state index contributed by atoms with van der Waals surface area (Å²) in [4.78, 5) is 19.2. The summed E-state index contributed by atoms with van der Waals surface area (Å²) in [6, 6.07) is 4.10. The van der Waals surface area contributed by atoms with Crippen LogP contribution < -0.4 is 5.73 Å². The number of hydrogen-bond acceptors (Lipinski definition) is 3. The average Bonchev–Trinajstić information content (AvgIpc) is 2.55. The first-order valence-electron chi connectivity index (χ1n) is 8.16. The fraction of sp³-hybridized carbons (Fsp3) is 0.647. The summed E-state index contributed by atoms with van der Waals surface area (Å²) in [6.07, 6.45) is 7.83. The van der Waals surface area contributed by atoms with E-state index in [1.165, 1.54) is 19.3 Å². The van der Waals surface area contributed by atoms with Gasteiger partial charge in [-0.1, -0.05) is 19.8 Å². The molecule has 1 aliphatic carbocycles. The third kappa shape index (κ3) is 2.82. The summed E-state index contributed by atoms with van der Waals surface area (Å²) in [6.45, 7) is 3.62. The SMILES string of the molecule is CC1CCN(C(=O)c2ccnc(CN)c2)C2CCCCC12. The van der Waals surface area contributed by atoms with Crippen molar-refractivity contribution < 1.29 is 4.79 Å². The lowest BCUT2D eigenvalue weighted by Gasteiger charge is -2.47. The predicted octanol–water partition coefficient (Wildman–Crippen LogP) is 2.58. The van der Waals surface area contributed by atoms with Crippen LogP contribution in [0, 0.1) is 11.8 Å². The lowest BCUT2D eigenvalue weighted by Crippen LogP contribution is -2.52. The van der Waals surface area contributed by atoms with E-state index in [9.17, 15) is 4.79 Å². The van der Waals surface area contributed by atoms with Crippen molar-refractivity contribution in [3.8, 4) is 0 Å². The molecule has 4 heteroatoms. The van der Waals surface area contributed by atoms with Crippen molar-refractivity contribution in [3.05, 3.63) is 29.6 Å². The molecule has 1 saturated carbocycles. The molecule has 3 unspecified atom stereocenters. The number of pyridine rings is 1. The van der Waals surface area contributed by atoms with Crippen molar-refractivity contribution in [3.63, 3.8) is 0 Å². The van der Waals surface area contributed by atoms with Gasteiger partial charge >= 0.3 is 0 Å². The zero-order valence-electron chi connectivity index (χ0n) is 12.8. The van der Waals surface area contributed by atoms with Gasteiger partial charge in [-0.2, -0.15) is 0 Å². The Morgan fingerprint density at radius 1 is 1.38 bits per heavy atom. The summed E-state index contributed by atoms with van der Waals surface area (Å²) in [5.41, 5.74) is 7.16. The van der Waals surface area contributed by atoms with Crippen LogP contribution in [0.25, 0.3) is 0 Å². The third-order valence-electron chi connectivity index (χ3n) is 5.27. The largest absolute Gasteiger partial charge is 0.335 e. The van der Waals surface area contributed by atoms with Gasteiger partial charge in [0, 0.05) is 30.9 Å². The molecule has 1 amide bonds. The minimum Gasteiger partial charge on any atom is -0.335 e. The van der Waals surface area contributed by atoms with E-state index in [2.05, 4.69) is 16.8 Å². The van der Waals surface area contributed by atoms with E-state index in [0.717, 1.165) is 36.6 Å². The lowest BCUT2D eigenvalue weighted by atomic mass is 9.72. The second kappa shape index (κ2) is 6.14. The number of piperidine rings is 1. The molecule has 1 aromatic heterocycles. The standard InChI is InChI=1S/C17H25N3O/c1-12-7-9-20(16-5-3-2-4-15(12)16)17(21)13-6-8-19-14(10-13)11-18/h6,8,10,12,15-16H,2-5,7,9,11,18H2,1H3. The predicted molar refractivity (Wildman–Crippen MR) is 82.7 cm³/mol. The second-order valence-corrected chi connectivity index (χ2v) is 6.52. The molecule has 3 atom stereocenters. The molecule has 0 radical (unpaired) electrons. The van der Waals surface area contributed by atoms with Crippen molar-refractivity contribution in [2.75, 3.05) is 6.54 Å². The van der Waals surface area contributed by atoms with Crippen molar-refractivity contribution >= 4 is 5.91 Å². The van der Waals surface area contributed by atoms with E-state index in [0.29, 0.717) is 18.5 Å². The zero-order valence-corrected chi connectivity index (χ0v) is 12.8. The molecule has 1 saturated heterocycles. The minimum absolute atomic E-state index is 0.163. The highest BCUT2D eigenvalue weighted by Crippen LogP contribution is 2.39. The van der Waals surface area contributed by atoms with E-state index < -0.39 is 0 Å². The highest BCUT2D eigenvalue weighted by atomic mass is 16.2. The number of likely N-dealkylation sites (tertiary alicyclic amines) is 1. The summed E-state index contributed by atoms with van der Waals surface area (Å²) < 4.78 is 0. The van der Waals surface area contributed by atoms with Crippen LogP contribution in [-0.4, -0.2) is 28.4 Å². The number of amides is 1. The molecular formula is C17H25N3O. The molecule has 1 aliphatic heterocycles. The monoisotopic (exact) mass is 287 g/mol. The molecule has 2 fully saturated rings. The fourth-order valence-electron chi connectivity index (χ4n) is 4.05. The Morgan fingerprint density at radius 3 is 3.00 bits per heavy atom. The first-order chi connectivity index (χ1) is 10.2. The van der Waals surface area contributed by atoms with Crippen LogP contribution in [0.5, 0.6) is 0 Å². The van der Waals surface area contributed by atoms with Gasteiger partial charge in [-0.05, 0) is 43.2 Å². The van der Waals surface area contributed by atoms with E-state index in [1.54, 1.807) is 6.20 Å². The highest BCUT2D eigenvalue weighted by Gasteiger charge is 2.39. The summed E-state index contributed by atoms with van der Waals surface area (Å²) in [7, 11) is 0. The second-order valence-electron chi connectivity index (χ2n) is 6.52. The maximum Gasteiger partial charge on any atom is 0.254 e. The van der Waals surface area contributed by atoms with E-state index >= 15 is 0 Å². The van der Waals surface area contributed by atoms with Gasteiger partial charge in [0.2, 0.25) is 0 Å². The molecule has 114 valence electrons. The number of carbonyl (C=O) groups is 1. The van der Waals surface area contributed by atoms with E-state index in [4.69, 9.17) is 5.73 Å². The Hall–Kier alpha value is -1.42. The van der Waals surface area contributed by atoms with Crippen LogP contribution in [-0.2, 0) is 6.54 Å². The van der Waals surface area contributed by atoms with Gasteiger partial charge in [0.15, 0.2) is 0 Å². The Kier molecular flexibility index (Phi) is 4.24. The van der Waals surface area contributed by atoms with Crippen LogP contribution in [0.15, 0.2) is 18.3 Å². The third-order valence-corrected chi connectivity index (χ3v) is 5.27. The van der Waals surface area contributed by atoms with E-state index in [1.807, 2.05) is 12.1 Å². The normalized spacial score (nSPS) is 29.0. The van der Waals surface area contributed by atoms with Crippen LogP contribution >= 0.6 is 0 Å². The van der Waals surface area contributed by atoms with Crippen molar-refractivity contribution in [2.24, 2.45) is 17.6 Å². The van der Waals surface area contributed by atoms with Crippen LogP contribution in [0.3, 0.4) is 0 Å². The topological polar surface area (TPSA) is 59.2 Å². The van der Waals surface area contributed by atoms with Gasteiger partial charge in [-0.3, -0.25) is 9.78 Å². The van der Waals surface area contributed by atoms with Crippen molar-refractivity contribution in [2.45, 2.75) is 51.6 Å². The van der Waals surface area contributed by atoms with Gasteiger partial charge in [-0.25, -0.2) is 0 Å². The van der Waals surface area contributed by atoms with Gasteiger partial charge in [-0.15, -0.1) is 0 Å². The molecular weight excluding hydrogens is 262 g/mol. The number of hydrogen-bond donors (Lipinski definition) is 1. The van der Waals surface area contributed by atoms with Crippen molar-refractivity contribution in [1.29, 1.82) is 0 Å². The average molecular weight is 287 g/mol. The number of aromatic nitrogens is 1. The molecule has 1 aromatic rings. The Balaban J connectivity index is 1.82. The molecule has 2 aliphatic rings. The Morgan fingerprint density at radius 2 is 2.19 bits per heavy atom. The van der Waals surface area contributed by atoms with Gasteiger partial charge < -0.3 is 10.6 Å².